The summed E-state index contributed by atoms with van der Waals surface area (Å²) >= 11 is 4.21. The zero-order chi connectivity index (χ0) is 12.1. The fourth-order valence-electron chi connectivity index (χ4n) is 1.87. The van der Waals surface area contributed by atoms with Crippen molar-refractivity contribution in [3.8, 4) is 0 Å². The van der Waals surface area contributed by atoms with Crippen molar-refractivity contribution >= 4 is 12.6 Å². The van der Waals surface area contributed by atoms with Gasteiger partial charge in [-0.1, -0.05) is 45.4 Å². The van der Waals surface area contributed by atoms with Crippen LogP contribution in [0.15, 0.2) is 0 Å². The summed E-state index contributed by atoms with van der Waals surface area (Å²) in [5, 5.41) is 0. The van der Waals surface area contributed by atoms with Crippen LogP contribution >= 0.6 is 12.6 Å². The maximum absolute atomic E-state index is 5.72. The summed E-state index contributed by atoms with van der Waals surface area (Å²) in [4.78, 5) is 0. The van der Waals surface area contributed by atoms with E-state index in [1.165, 1.54) is 57.8 Å². The Labute approximate surface area is 108 Å². The minimum Gasteiger partial charge on any atom is -0.379 e. The summed E-state index contributed by atoms with van der Waals surface area (Å²) in [6, 6.07) is 0. The molecule has 0 saturated carbocycles. The minimum atomic E-state index is 0.459. The fraction of sp³-hybridized carbons (Fsp3) is 1.00. The van der Waals surface area contributed by atoms with Crippen molar-refractivity contribution in [2.75, 3.05) is 12.4 Å². The Balaban J connectivity index is 2.98. The zero-order valence-corrected chi connectivity index (χ0v) is 12.1. The molecule has 0 rings (SSSR count). The lowest BCUT2D eigenvalue weighted by molar-refractivity contribution is 0.0570. The molecule has 0 saturated heterocycles. The minimum absolute atomic E-state index is 0.459. The Kier molecular flexibility index (Phi) is 13.6. The number of ether oxygens (including phenoxy) is 1. The molecule has 0 fully saturated rings. The van der Waals surface area contributed by atoms with Crippen molar-refractivity contribution in [1.82, 2.24) is 0 Å². The number of rotatable bonds is 12. The first-order valence-corrected chi connectivity index (χ1v) is 7.67. The molecule has 0 aliphatic heterocycles. The average molecular weight is 246 g/mol. The van der Waals surface area contributed by atoms with Crippen LogP contribution in [0.4, 0.5) is 0 Å². The molecule has 0 radical (unpaired) electrons. The van der Waals surface area contributed by atoms with Crippen molar-refractivity contribution in [2.45, 2.75) is 77.7 Å². The predicted octanol–water partition coefficient (Wildman–Crippen LogP) is 4.85. The molecule has 0 amide bonds. The molecule has 0 bridgehead atoms. The van der Waals surface area contributed by atoms with Crippen LogP contribution < -0.4 is 0 Å². The number of hydrogen-bond donors (Lipinski definition) is 1. The lowest BCUT2D eigenvalue weighted by Crippen LogP contribution is -2.08. The van der Waals surface area contributed by atoms with E-state index in [0.717, 1.165) is 12.4 Å². The van der Waals surface area contributed by atoms with Crippen LogP contribution in [0.25, 0.3) is 0 Å². The Morgan fingerprint density at radius 3 is 2.06 bits per heavy atom. The SMILES string of the molecule is CCCC(C)OCCCCCCCCCS. The van der Waals surface area contributed by atoms with Gasteiger partial charge in [-0.2, -0.15) is 12.6 Å². The van der Waals surface area contributed by atoms with Crippen LogP contribution in [-0.2, 0) is 4.74 Å². The van der Waals surface area contributed by atoms with E-state index in [2.05, 4.69) is 26.5 Å². The fourth-order valence-corrected chi connectivity index (χ4v) is 2.10. The van der Waals surface area contributed by atoms with Gasteiger partial charge in [-0.15, -0.1) is 0 Å². The molecule has 0 aromatic carbocycles. The second-order valence-electron chi connectivity index (χ2n) is 4.67. The molecular formula is C14H30OS. The second-order valence-corrected chi connectivity index (χ2v) is 5.12. The quantitative estimate of drug-likeness (QED) is 0.382. The van der Waals surface area contributed by atoms with Crippen molar-refractivity contribution in [3.63, 3.8) is 0 Å². The van der Waals surface area contributed by atoms with E-state index in [4.69, 9.17) is 4.74 Å². The number of thiol groups is 1. The van der Waals surface area contributed by atoms with Gasteiger partial charge in [0.1, 0.15) is 0 Å². The van der Waals surface area contributed by atoms with Crippen molar-refractivity contribution in [1.29, 1.82) is 0 Å². The van der Waals surface area contributed by atoms with E-state index in [0.29, 0.717) is 6.10 Å². The monoisotopic (exact) mass is 246 g/mol. The summed E-state index contributed by atoms with van der Waals surface area (Å²) in [5.41, 5.74) is 0. The smallest absolute Gasteiger partial charge is 0.0546 e. The highest BCUT2D eigenvalue weighted by Gasteiger charge is 1.99. The van der Waals surface area contributed by atoms with E-state index >= 15 is 0 Å². The third-order valence-corrected chi connectivity index (χ3v) is 3.22. The van der Waals surface area contributed by atoms with E-state index in [1.807, 2.05) is 0 Å². The number of hydrogen-bond acceptors (Lipinski definition) is 2. The molecular weight excluding hydrogens is 216 g/mol. The van der Waals surface area contributed by atoms with Gasteiger partial charge in [-0.3, -0.25) is 0 Å². The van der Waals surface area contributed by atoms with Gasteiger partial charge >= 0.3 is 0 Å². The highest BCUT2D eigenvalue weighted by Crippen LogP contribution is 2.08. The normalized spacial score (nSPS) is 12.9. The van der Waals surface area contributed by atoms with Gasteiger partial charge in [-0.25, -0.2) is 0 Å². The van der Waals surface area contributed by atoms with Gasteiger partial charge in [0.15, 0.2) is 0 Å². The lowest BCUT2D eigenvalue weighted by Gasteiger charge is -2.11. The van der Waals surface area contributed by atoms with Crippen LogP contribution in [0.2, 0.25) is 0 Å². The molecule has 0 heterocycles. The van der Waals surface area contributed by atoms with E-state index in [9.17, 15) is 0 Å². The molecule has 0 aromatic heterocycles. The Bertz CT molecular complexity index is 128. The molecule has 1 unspecified atom stereocenters. The predicted molar refractivity (Wildman–Crippen MR) is 76.5 cm³/mol. The average Bonchev–Trinajstić information content (AvgIpc) is 2.27. The molecule has 2 heteroatoms. The van der Waals surface area contributed by atoms with Crippen LogP contribution in [-0.4, -0.2) is 18.5 Å². The van der Waals surface area contributed by atoms with Crippen molar-refractivity contribution in [2.24, 2.45) is 0 Å². The first kappa shape index (κ1) is 16.3. The van der Waals surface area contributed by atoms with Crippen molar-refractivity contribution in [3.05, 3.63) is 0 Å². The first-order chi connectivity index (χ1) is 7.81. The van der Waals surface area contributed by atoms with Gasteiger partial charge in [0.25, 0.3) is 0 Å². The van der Waals surface area contributed by atoms with E-state index < -0.39 is 0 Å². The summed E-state index contributed by atoms with van der Waals surface area (Å²) in [5.74, 6) is 1.04. The largest absolute Gasteiger partial charge is 0.379 e. The Morgan fingerprint density at radius 1 is 0.938 bits per heavy atom. The standard InChI is InChI=1S/C14H30OS/c1-3-11-14(2)15-12-9-7-5-4-6-8-10-13-16/h14,16H,3-13H2,1-2H3. The summed E-state index contributed by atoms with van der Waals surface area (Å²) in [6.07, 6.45) is 12.2. The third kappa shape index (κ3) is 12.4. The molecule has 98 valence electrons. The van der Waals surface area contributed by atoms with Gasteiger partial charge in [0, 0.05) is 6.61 Å². The molecule has 0 spiro atoms. The van der Waals surface area contributed by atoms with Crippen LogP contribution in [0.1, 0.15) is 71.6 Å². The maximum atomic E-state index is 5.72. The molecule has 16 heavy (non-hydrogen) atoms. The summed E-state index contributed by atoms with van der Waals surface area (Å²) < 4.78 is 5.72. The molecule has 0 aliphatic rings. The lowest BCUT2D eigenvalue weighted by atomic mass is 10.1. The van der Waals surface area contributed by atoms with Crippen molar-refractivity contribution < 1.29 is 4.74 Å². The van der Waals surface area contributed by atoms with Gasteiger partial charge in [-0.05, 0) is 31.9 Å². The van der Waals surface area contributed by atoms with Crippen LogP contribution in [0.3, 0.4) is 0 Å². The topological polar surface area (TPSA) is 9.23 Å². The molecule has 1 atom stereocenters. The van der Waals surface area contributed by atoms with Gasteiger partial charge < -0.3 is 4.74 Å². The highest BCUT2D eigenvalue weighted by molar-refractivity contribution is 7.80. The number of unbranched alkanes of at least 4 members (excludes halogenated alkanes) is 6. The Morgan fingerprint density at radius 2 is 1.50 bits per heavy atom. The van der Waals surface area contributed by atoms with Crippen LogP contribution in [0, 0.1) is 0 Å². The first-order valence-electron chi connectivity index (χ1n) is 7.03. The van der Waals surface area contributed by atoms with E-state index in [-0.39, 0.29) is 0 Å². The van der Waals surface area contributed by atoms with Crippen LogP contribution in [0.5, 0.6) is 0 Å². The molecule has 0 aliphatic carbocycles. The molecule has 1 nitrogen and oxygen atoms in total. The Hall–Kier alpha value is 0.310. The van der Waals surface area contributed by atoms with Gasteiger partial charge in [0.2, 0.25) is 0 Å². The summed E-state index contributed by atoms with van der Waals surface area (Å²) in [6.45, 7) is 5.35. The third-order valence-electron chi connectivity index (χ3n) is 2.90. The zero-order valence-electron chi connectivity index (χ0n) is 11.2. The molecule has 0 aromatic rings. The highest BCUT2D eigenvalue weighted by atomic mass is 32.1. The maximum Gasteiger partial charge on any atom is 0.0546 e. The molecule has 0 N–H and O–H groups in total. The summed E-state index contributed by atoms with van der Waals surface area (Å²) in [7, 11) is 0. The van der Waals surface area contributed by atoms with E-state index in [1.54, 1.807) is 0 Å². The second kappa shape index (κ2) is 13.4. The van der Waals surface area contributed by atoms with Gasteiger partial charge in [0.05, 0.1) is 6.10 Å².